The fraction of sp³-hybridized carbons (Fsp3) is 0.350. The predicted octanol–water partition coefficient (Wildman–Crippen LogP) is 5.52. The molecule has 2 aromatic rings. The molecule has 0 unspecified atom stereocenters. The summed E-state index contributed by atoms with van der Waals surface area (Å²) in [5.41, 5.74) is 1.50. The average Bonchev–Trinajstić information content (AvgIpc) is 2.53. The smallest absolute Gasteiger partial charge is 0.352 e. The Morgan fingerprint density at radius 3 is 2.12 bits per heavy atom. The van der Waals surface area contributed by atoms with E-state index in [1.54, 1.807) is 0 Å². The number of carbonyl (C=O) groups is 1. The number of benzene rings is 2. The number of nitrogens with one attached hydrogen (secondary N) is 1. The van der Waals surface area contributed by atoms with Gasteiger partial charge in [-0.05, 0) is 34.2 Å². The van der Waals surface area contributed by atoms with Crippen LogP contribution >= 0.6 is 11.6 Å². The minimum Gasteiger partial charge on any atom is -0.352 e. The Balaban J connectivity index is 1.97. The molecule has 0 spiro atoms. The molecule has 1 amide bonds. The Morgan fingerprint density at radius 1 is 1.00 bits per heavy atom. The zero-order valence-corrected chi connectivity index (χ0v) is 15.6. The Labute approximate surface area is 156 Å². The van der Waals surface area contributed by atoms with E-state index < -0.39 is 11.7 Å². The molecule has 6 heteroatoms. The van der Waals surface area contributed by atoms with Gasteiger partial charge in [0.25, 0.3) is 0 Å². The molecule has 0 fully saturated rings. The Kier molecular flexibility index (Phi) is 6.02. The molecule has 0 heterocycles. The summed E-state index contributed by atoms with van der Waals surface area (Å²) in [6.07, 6.45) is -4.68. The summed E-state index contributed by atoms with van der Waals surface area (Å²) in [4.78, 5) is 12.0. The quantitative estimate of drug-likeness (QED) is 0.740. The lowest BCUT2D eigenvalue weighted by atomic mass is 9.87. The molecule has 0 radical (unpaired) electrons. The number of halogens is 4. The number of carbonyl (C=O) groups excluding carboxylic acids is 1. The summed E-state index contributed by atoms with van der Waals surface area (Å²) in [6, 6.07) is 11.4. The fourth-order valence-electron chi connectivity index (χ4n) is 2.47. The topological polar surface area (TPSA) is 29.1 Å². The molecule has 140 valence electrons. The van der Waals surface area contributed by atoms with E-state index in [9.17, 15) is 18.0 Å². The van der Waals surface area contributed by atoms with Crippen LogP contribution in [0.1, 0.15) is 43.0 Å². The molecular weight excluding hydrogens is 363 g/mol. The van der Waals surface area contributed by atoms with Crippen LogP contribution in [0.15, 0.2) is 42.5 Å². The van der Waals surface area contributed by atoms with Crippen molar-refractivity contribution in [2.24, 2.45) is 0 Å². The van der Waals surface area contributed by atoms with E-state index in [2.05, 4.69) is 26.1 Å². The van der Waals surface area contributed by atoms with Gasteiger partial charge in [0.05, 0.1) is 17.0 Å². The van der Waals surface area contributed by atoms with Gasteiger partial charge in [-0.1, -0.05) is 62.7 Å². The van der Waals surface area contributed by atoms with E-state index in [1.165, 1.54) is 11.6 Å². The largest absolute Gasteiger partial charge is 0.417 e. The lowest BCUT2D eigenvalue weighted by molar-refractivity contribution is -0.137. The van der Waals surface area contributed by atoms with Crippen molar-refractivity contribution in [3.63, 3.8) is 0 Å². The molecular formula is C20H21ClF3NO. The lowest BCUT2D eigenvalue weighted by Gasteiger charge is -2.19. The highest BCUT2D eigenvalue weighted by atomic mass is 35.5. The van der Waals surface area contributed by atoms with Gasteiger partial charge in [0, 0.05) is 6.54 Å². The van der Waals surface area contributed by atoms with Gasteiger partial charge in [0.15, 0.2) is 0 Å². The van der Waals surface area contributed by atoms with Crippen molar-refractivity contribution in [2.75, 3.05) is 0 Å². The third kappa shape index (κ3) is 5.49. The van der Waals surface area contributed by atoms with Crippen LogP contribution in [0.5, 0.6) is 0 Å². The van der Waals surface area contributed by atoms with Crippen LogP contribution in [0, 0.1) is 0 Å². The summed E-state index contributed by atoms with van der Waals surface area (Å²) >= 11 is 5.58. The van der Waals surface area contributed by atoms with Crippen LogP contribution in [0.2, 0.25) is 5.02 Å². The van der Waals surface area contributed by atoms with Crippen molar-refractivity contribution in [1.29, 1.82) is 0 Å². The normalized spacial score (nSPS) is 12.1. The summed E-state index contributed by atoms with van der Waals surface area (Å²) in [5.74, 6) is -0.347. The fourth-order valence-corrected chi connectivity index (χ4v) is 2.70. The van der Waals surface area contributed by atoms with Crippen molar-refractivity contribution in [1.82, 2.24) is 5.32 Å². The Bertz CT molecular complexity index is 777. The number of rotatable bonds is 4. The van der Waals surface area contributed by atoms with E-state index in [4.69, 9.17) is 11.6 Å². The second kappa shape index (κ2) is 7.70. The molecule has 1 N–H and O–H groups in total. The van der Waals surface area contributed by atoms with Gasteiger partial charge >= 0.3 is 6.18 Å². The second-order valence-electron chi connectivity index (χ2n) is 7.21. The molecule has 0 saturated heterocycles. The SMILES string of the molecule is CC(C)(C)c1ccc(CNC(=O)Cc2ccc(Cl)c(C(F)(F)F)c2)cc1. The van der Waals surface area contributed by atoms with Crippen molar-refractivity contribution in [2.45, 2.75) is 45.3 Å². The summed E-state index contributed by atoms with van der Waals surface area (Å²) in [6.45, 7) is 6.67. The van der Waals surface area contributed by atoms with E-state index in [-0.39, 0.29) is 28.3 Å². The van der Waals surface area contributed by atoms with E-state index in [1.807, 2.05) is 24.3 Å². The minimum absolute atomic E-state index is 0.0482. The van der Waals surface area contributed by atoms with Crippen molar-refractivity contribution >= 4 is 17.5 Å². The highest BCUT2D eigenvalue weighted by Gasteiger charge is 2.33. The van der Waals surface area contributed by atoms with E-state index >= 15 is 0 Å². The van der Waals surface area contributed by atoms with Crippen LogP contribution < -0.4 is 5.32 Å². The third-order valence-electron chi connectivity index (χ3n) is 4.01. The van der Waals surface area contributed by atoms with Crippen LogP contribution in [-0.4, -0.2) is 5.91 Å². The van der Waals surface area contributed by atoms with Crippen LogP contribution in [0.4, 0.5) is 13.2 Å². The van der Waals surface area contributed by atoms with Gasteiger partial charge in [-0.2, -0.15) is 13.2 Å². The van der Waals surface area contributed by atoms with Crippen LogP contribution in [0.25, 0.3) is 0 Å². The number of amides is 1. The second-order valence-corrected chi connectivity index (χ2v) is 7.62. The van der Waals surface area contributed by atoms with E-state index in [0.29, 0.717) is 6.54 Å². The van der Waals surface area contributed by atoms with Gasteiger partial charge < -0.3 is 5.32 Å². The van der Waals surface area contributed by atoms with Crippen LogP contribution in [0.3, 0.4) is 0 Å². The molecule has 2 nitrogen and oxygen atoms in total. The van der Waals surface area contributed by atoms with Gasteiger partial charge in [-0.3, -0.25) is 4.79 Å². The molecule has 0 bridgehead atoms. The number of hydrogen-bond acceptors (Lipinski definition) is 1. The van der Waals surface area contributed by atoms with Gasteiger partial charge in [0.2, 0.25) is 5.91 Å². The maximum absolute atomic E-state index is 12.9. The zero-order chi connectivity index (χ0) is 19.5. The molecule has 0 saturated carbocycles. The first-order valence-electron chi connectivity index (χ1n) is 8.18. The summed E-state index contributed by atoms with van der Waals surface area (Å²) < 4.78 is 38.6. The molecule has 2 rings (SSSR count). The predicted molar refractivity (Wildman–Crippen MR) is 97.1 cm³/mol. The number of hydrogen-bond donors (Lipinski definition) is 1. The maximum Gasteiger partial charge on any atom is 0.417 e. The molecule has 0 aliphatic heterocycles. The van der Waals surface area contributed by atoms with Crippen LogP contribution in [-0.2, 0) is 29.4 Å². The first-order chi connectivity index (χ1) is 12.0. The molecule has 0 aliphatic carbocycles. The molecule has 26 heavy (non-hydrogen) atoms. The summed E-state index contributed by atoms with van der Waals surface area (Å²) in [5, 5.41) is 2.35. The average molecular weight is 384 g/mol. The number of alkyl halides is 3. The lowest BCUT2D eigenvalue weighted by Crippen LogP contribution is -2.24. The van der Waals surface area contributed by atoms with E-state index in [0.717, 1.165) is 17.7 Å². The highest BCUT2D eigenvalue weighted by molar-refractivity contribution is 6.31. The minimum atomic E-state index is -4.54. The van der Waals surface area contributed by atoms with Crippen molar-refractivity contribution < 1.29 is 18.0 Å². The first kappa shape index (κ1) is 20.3. The van der Waals surface area contributed by atoms with Gasteiger partial charge in [-0.25, -0.2) is 0 Å². The third-order valence-corrected chi connectivity index (χ3v) is 4.34. The summed E-state index contributed by atoms with van der Waals surface area (Å²) in [7, 11) is 0. The monoisotopic (exact) mass is 383 g/mol. The van der Waals surface area contributed by atoms with Gasteiger partial charge in [-0.15, -0.1) is 0 Å². The van der Waals surface area contributed by atoms with Crippen molar-refractivity contribution in [3.05, 3.63) is 69.7 Å². The highest BCUT2D eigenvalue weighted by Crippen LogP contribution is 2.35. The molecule has 0 atom stereocenters. The maximum atomic E-state index is 12.9. The molecule has 0 aliphatic rings. The zero-order valence-electron chi connectivity index (χ0n) is 14.9. The van der Waals surface area contributed by atoms with Crippen molar-refractivity contribution in [3.8, 4) is 0 Å². The Hall–Kier alpha value is -2.01. The molecule has 0 aromatic heterocycles. The standard InChI is InChI=1S/C20H21ClF3NO/c1-19(2,3)15-7-4-13(5-8-15)12-25-18(26)11-14-6-9-17(21)16(10-14)20(22,23)24/h4-10H,11-12H2,1-3H3,(H,25,26). The first-order valence-corrected chi connectivity index (χ1v) is 8.56. The molecule has 2 aromatic carbocycles. The Morgan fingerprint density at radius 2 is 1.58 bits per heavy atom. The van der Waals surface area contributed by atoms with Gasteiger partial charge in [0.1, 0.15) is 0 Å².